The molecule has 0 aromatic heterocycles. The van der Waals surface area contributed by atoms with E-state index in [0.717, 1.165) is 36.3 Å². The zero-order valence-corrected chi connectivity index (χ0v) is 15.4. The van der Waals surface area contributed by atoms with Crippen molar-refractivity contribution >= 4 is 21.4 Å². The van der Waals surface area contributed by atoms with Crippen molar-refractivity contribution in [2.24, 2.45) is 0 Å². The number of hydrogen-bond donors (Lipinski definition) is 1. The molecule has 0 bridgehead atoms. The van der Waals surface area contributed by atoms with E-state index >= 15 is 0 Å². The maximum atomic E-state index is 12.4. The zero-order chi connectivity index (χ0) is 17.9. The molecule has 1 N–H and O–H groups in total. The van der Waals surface area contributed by atoms with E-state index in [1.807, 2.05) is 55.5 Å². The minimum atomic E-state index is -3.43. The number of aryl methyl sites for hydroxylation is 1. The topological polar surface area (TPSA) is 58.6 Å². The zero-order valence-electron chi connectivity index (χ0n) is 14.6. The number of benzene rings is 2. The lowest BCUT2D eigenvalue weighted by atomic mass is 10.2. The lowest BCUT2D eigenvalue weighted by Crippen LogP contribution is -2.22. The fourth-order valence-corrected chi connectivity index (χ4v) is 4.32. The van der Waals surface area contributed by atoms with E-state index in [1.54, 1.807) is 7.11 Å². The van der Waals surface area contributed by atoms with Gasteiger partial charge in [0.05, 0.1) is 11.9 Å². The predicted molar refractivity (Wildman–Crippen MR) is 101 cm³/mol. The monoisotopic (exact) mass is 360 g/mol. The number of ether oxygens (including phenoxy) is 1. The number of rotatable bonds is 6. The lowest BCUT2D eigenvalue weighted by molar-refractivity contribution is 0.121. The van der Waals surface area contributed by atoms with Crippen LogP contribution in [0.3, 0.4) is 0 Å². The summed E-state index contributed by atoms with van der Waals surface area (Å²) in [5.74, 6) is -0.0297. The SMILES string of the molecule is COC1CCN(c2ccc(NS(=O)(=O)Cc3cccc(C)c3)cc2)C1. The first-order valence-corrected chi connectivity index (χ1v) is 10.0. The molecule has 1 aliphatic rings. The summed E-state index contributed by atoms with van der Waals surface area (Å²) in [6, 6.07) is 15.1. The van der Waals surface area contributed by atoms with Crippen molar-refractivity contribution in [3.8, 4) is 0 Å². The molecule has 0 spiro atoms. The van der Waals surface area contributed by atoms with E-state index in [4.69, 9.17) is 4.74 Å². The average molecular weight is 360 g/mol. The van der Waals surface area contributed by atoms with Crippen LogP contribution in [-0.2, 0) is 20.5 Å². The van der Waals surface area contributed by atoms with Crippen molar-refractivity contribution in [2.75, 3.05) is 29.8 Å². The molecule has 2 aromatic carbocycles. The van der Waals surface area contributed by atoms with E-state index in [0.29, 0.717) is 5.69 Å². The number of nitrogens with zero attached hydrogens (tertiary/aromatic N) is 1. The molecule has 1 unspecified atom stereocenters. The van der Waals surface area contributed by atoms with Crippen LogP contribution in [-0.4, -0.2) is 34.7 Å². The first kappa shape index (κ1) is 17.8. The van der Waals surface area contributed by atoms with Crippen molar-refractivity contribution < 1.29 is 13.2 Å². The fraction of sp³-hybridized carbons (Fsp3) is 0.368. The molecule has 1 aliphatic heterocycles. The molecule has 0 radical (unpaired) electrons. The molecule has 3 rings (SSSR count). The molecule has 0 amide bonds. The van der Waals surface area contributed by atoms with E-state index in [2.05, 4.69) is 9.62 Å². The Bertz CT molecular complexity index is 819. The molecule has 0 saturated carbocycles. The van der Waals surface area contributed by atoms with Gasteiger partial charge in [-0.05, 0) is 43.2 Å². The molecule has 134 valence electrons. The maximum absolute atomic E-state index is 12.4. The summed E-state index contributed by atoms with van der Waals surface area (Å²) in [4.78, 5) is 2.25. The van der Waals surface area contributed by atoms with Crippen LogP contribution < -0.4 is 9.62 Å². The van der Waals surface area contributed by atoms with Gasteiger partial charge in [0.25, 0.3) is 0 Å². The van der Waals surface area contributed by atoms with Crippen molar-refractivity contribution in [2.45, 2.75) is 25.2 Å². The molecule has 25 heavy (non-hydrogen) atoms. The Balaban J connectivity index is 1.64. The highest BCUT2D eigenvalue weighted by atomic mass is 32.2. The van der Waals surface area contributed by atoms with Gasteiger partial charge in [-0.25, -0.2) is 8.42 Å². The average Bonchev–Trinajstić information content (AvgIpc) is 3.04. The summed E-state index contributed by atoms with van der Waals surface area (Å²) in [7, 11) is -1.70. The predicted octanol–water partition coefficient (Wildman–Crippen LogP) is 3.16. The van der Waals surface area contributed by atoms with Gasteiger partial charge in [-0.15, -0.1) is 0 Å². The van der Waals surface area contributed by atoms with Crippen LogP contribution in [0, 0.1) is 6.92 Å². The number of sulfonamides is 1. The van der Waals surface area contributed by atoms with E-state index < -0.39 is 10.0 Å². The van der Waals surface area contributed by atoms with E-state index in [1.165, 1.54) is 0 Å². The fourth-order valence-electron chi connectivity index (χ4n) is 3.13. The highest BCUT2D eigenvalue weighted by Gasteiger charge is 2.22. The third-order valence-electron chi connectivity index (χ3n) is 4.42. The molecule has 1 saturated heterocycles. The Labute approximate surface area is 149 Å². The summed E-state index contributed by atoms with van der Waals surface area (Å²) in [6.45, 7) is 3.78. The quantitative estimate of drug-likeness (QED) is 0.860. The van der Waals surface area contributed by atoms with Crippen LogP contribution in [0.15, 0.2) is 48.5 Å². The minimum Gasteiger partial charge on any atom is -0.380 e. The van der Waals surface area contributed by atoms with Crippen LogP contribution in [0.2, 0.25) is 0 Å². The summed E-state index contributed by atoms with van der Waals surface area (Å²) in [6.07, 6.45) is 1.29. The standard InChI is InChI=1S/C19H24N2O3S/c1-15-4-3-5-16(12-15)14-25(22,23)20-17-6-8-18(9-7-17)21-11-10-19(13-21)24-2/h3-9,12,19-20H,10-11,13-14H2,1-2H3. The number of nitrogens with one attached hydrogen (secondary N) is 1. The normalized spacial score (nSPS) is 17.7. The van der Waals surface area contributed by atoms with Crippen LogP contribution in [0.5, 0.6) is 0 Å². The Morgan fingerprint density at radius 1 is 1.20 bits per heavy atom. The van der Waals surface area contributed by atoms with Gasteiger partial charge in [0.2, 0.25) is 10.0 Å². The summed E-state index contributed by atoms with van der Waals surface area (Å²) >= 11 is 0. The van der Waals surface area contributed by atoms with Crippen LogP contribution in [0.25, 0.3) is 0 Å². The molecule has 6 heteroatoms. The second kappa shape index (κ2) is 7.45. The van der Waals surface area contributed by atoms with E-state index in [9.17, 15) is 8.42 Å². The summed E-state index contributed by atoms with van der Waals surface area (Å²) in [5, 5.41) is 0. The Kier molecular flexibility index (Phi) is 5.30. The second-order valence-electron chi connectivity index (χ2n) is 6.49. The van der Waals surface area contributed by atoms with Gasteiger partial charge in [-0.3, -0.25) is 4.72 Å². The number of anilines is 2. The van der Waals surface area contributed by atoms with Gasteiger partial charge >= 0.3 is 0 Å². The smallest absolute Gasteiger partial charge is 0.236 e. The molecule has 1 atom stereocenters. The van der Waals surface area contributed by atoms with Crippen LogP contribution >= 0.6 is 0 Å². The van der Waals surface area contributed by atoms with Crippen molar-refractivity contribution in [3.05, 3.63) is 59.7 Å². The molecule has 5 nitrogen and oxygen atoms in total. The first-order valence-electron chi connectivity index (χ1n) is 8.39. The van der Waals surface area contributed by atoms with Gasteiger partial charge in [0.15, 0.2) is 0 Å². The second-order valence-corrected chi connectivity index (χ2v) is 8.21. The van der Waals surface area contributed by atoms with Gasteiger partial charge in [0, 0.05) is 31.6 Å². The molecule has 1 heterocycles. The van der Waals surface area contributed by atoms with E-state index in [-0.39, 0.29) is 11.9 Å². The largest absolute Gasteiger partial charge is 0.380 e. The van der Waals surface area contributed by atoms with Crippen LogP contribution in [0.1, 0.15) is 17.5 Å². The van der Waals surface area contributed by atoms with Gasteiger partial charge in [-0.1, -0.05) is 29.8 Å². The van der Waals surface area contributed by atoms with Gasteiger partial charge in [0.1, 0.15) is 0 Å². The Morgan fingerprint density at radius 2 is 1.96 bits per heavy atom. The summed E-state index contributed by atoms with van der Waals surface area (Å²) < 4.78 is 32.8. The third kappa shape index (κ3) is 4.74. The lowest BCUT2D eigenvalue weighted by Gasteiger charge is -2.19. The highest BCUT2D eigenvalue weighted by molar-refractivity contribution is 7.91. The minimum absolute atomic E-state index is 0.0297. The number of methoxy groups -OCH3 is 1. The molecular formula is C19H24N2O3S. The highest BCUT2D eigenvalue weighted by Crippen LogP contribution is 2.24. The Morgan fingerprint density at radius 3 is 2.60 bits per heavy atom. The molecule has 2 aromatic rings. The van der Waals surface area contributed by atoms with Gasteiger partial charge < -0.3 is 9.64 Å². The van der Waals surface area contributed by atoms with Crippen molar-refractivity contribution in [3.63, 3.8) is 0 Å². The van der Waals surface area contributed by atoms with Gasteiger partial charge in [-0.2, -0.15) is 0 Å². The Hall–Kier alpha value is -2.05. The first-order chi connectivity index (χ1) is 11.9. The molecule has 0 aliphatic carbocycles. The molecular weight excluding hydrogens is 336 g/mol. The maximum Gasteiger partial charge on any atom is 0.236 e. The van der Waals surface area contributed by atoms with Crippen molar-refractivity contribution in [1.82, 2.24) is 0 Å². The third-order valence-corrected chi connectivity index (χ3v) is 5.68. The van der Waals surface area contributed by atoms with Crippen LogP contribution in [0.4, 0.5) is 11.4 Å². The summed E-state index contributed by atoms with van der Waals surface area (Å²) in [5.41, 5.74) is 3.50. The molecule has 1 fully saturated rings. The van der Waals surface area contributed by atoms with Crippen molar-refractivity contribution in [1.29, 1.82) is 0 Å². The number of hydrogen-bond acceptors (Lipinski definition) is 4.